The minimum Gasteiger partial charge on any atom is -0.328 e. The SMILES string of the molecule is CCn1c(CCc2ccc(NC(=O)c3ccccc3Cl)cc2)nc2ccccc21. The number of aromatic nitrogens is 2. The molecule has 1 aromatic heterocycles. The van der Waals surface area contributed by atoms with E-state index in [9.17, 15) is 4.79 Å². The highest BCUT2D eigenvalue weighted by Crippen LogP contribution is 2.20. The van der Waals surface area contributed by atoms with Gasteiger partial charge >= 0.3 is 0 Å². The summed E-state index contributed by atoms with van der Waals surface area (Å²) in [5, 5.41) is 3.34. The van der Waals surface area contributed by atoms with E-state index in [-0.39, 0.29) is 5.91 Å². The molecule has 0 saturated carbocycles. The Morgan fingerprint density at radius 3 is 2.45 bits per heavy atom. The van der Waals surface area contributed by atoms with Gasteiger partial charge < -0.3 is 9.88 Å². The summed E-state index contributed by atoms with van der Waals surface area (Å²) in [7, 11) is 0. The summed E-state index contributed by atoms with van der Waals surface area (Å²) in [4.78, 5) is 17.2. The Hall–Kier alpha value is -3.11. The third-order valence-electron chi connectivity index (χ3n) is 5.02. The Balaban J connectivity index is 1.43. The number of carbonyl (C=O) groups is 1. The lowest BCUT2D eigenvalue weighted by Crippen LogP contribution is -2.12. The molecule has 0 atom stereocenters. The van der Waals surface area contributed by atoms with Crippen LogP contribution < -0.4 is 5.32 Å². The molecule has 0 spiro atoms. The molecular formula is C24H22ClN3O. The Kier molecular flexibility index (Phi) is 5.63. The summed E-state index contributed by atoms with van der Waals surface area (Å²) in [5.41, 5.74) is 4.65. The van der Waals surface area contributed by atoms with E-state index in [1.54, 1.807) is 24.3 Å². The minimum atomic E-state index is -0.208. The molecule has 1 N–H and O–H groups in total. The molecule has 1 heterocycles. The molecule has 0 aliphatic heterocycles. The van der Waals surface area contributed by atoms with Crippen LogP contribution in [0, 0.1) is 0 Å². The fourth-order valence-electron chi connectivity index (χ4n) is 3.52. The molecule has 0 bridgehead atoms. The summed E-state index contributed by atoms with van der Waals surface area (Å²) in [5.74, 6) is 0.893. The second kappa shape index (κ2) is 8.50. The molecule has 0 unspecified atom stereocenters. The van der Waals surface area contributed by atoms with Crippen LogP contribution in [-0.2, 0) is 19.4 Å². The predicted octanol–water partition coefficient (Wildman–Crippen LogP) is 5.75. The summed E-state index contributed by atoms with van der Waals surface area (Å²) in [6, 6.07) is 23.2. The fourth-order valence-corrected chi connectivity index (χ4v) is 3.75. The second-order valence-electron chi connectivity index (χ2n) is 6.89. The molecule has 3 aromatic carbocycles. The monoisotopic (exact) mass is 403 g/mol. The highest BCUT2D eigenvalue weighted by molar-refractivity contribution is 6.34. The van der Waals surface area contributed by atoms with Crippen molar-refractivity contribution < 1.29 is 4.79 Å². The van der Waals surface area contributed by atoms with Gasteiger partial charge in [0.15, 0.2) is 0 Å². The molecule has 1 amide bonds. The van der Waals surface area contributed by atoms with Gasteiger partial charge in [-0.3, -0.25) is 4.79 Å². The van der Waals surface area contributed by atoms with Crippen LogP contribution >= 0.6 is 11.6 Å². The number of rotatable bonds is 6. The van der Waals surface area contributed by atoms with Crippen LogP contribution in [0.1, 0.15) is 28.7 Å². The van der Waals surface area contributed by atoms with Crippen molar-refractivity contribution >= 4 is 34.2 Å². The van der Waals surface area contributed by atoms with Gasteiger partial charge in [0.25, 0.3) is 5.91 Å². The topological polar surface area (TPSA) is 46.9 Å². The number of anilines is 1. The number of nitrogens with one attached hydrogen (secondary N) is 1. The van der Waals surface area contributed by atoms with E-state index in [0.29, 0.717) is 10.6 Å². The lowest BCUT2D eigenvalue weighted by molar-refractivity contribution is 0.102. The smallest absolute Gasteiger partial charge is 0.257 e. The van der Waals surface area contributed by atoms with E-state index in [1.807, 2.05) is 30.3 Å². The van der Waals surface area contributed by atoms with Gasteiger partial charge in [-0.2, -0.15) is 0 Å². The van der Waals surface area contributed by atoms with E-state index in [0.717, 1.165) is 36.4 Å². The molecule has 0 aliphatic carbocycles. The average molecular weight is 404 g/mol. The average Bonchev–Trinajstić information content (AvgIpc) is 3.11. The number of benzene rings is 3. The third-order valence-corrected chi connectivity index (χ3v) is 5.35. The predicted molar refractivity (Wildman–Crippen MR) is 119 cm³/mol. The van der Waals surface area contributed by atoms with Crippen LogP contribution in [0.5, 0.6) is 0 Å². The highest BCUT2D eigenvalue weighted by Gasteiger charge is 2.11. The zero-order chi connectivity index (χ0) is 20.2. The van der Waals surface area contributed by atoms with E-state index < -0.39 is 0 Å². The number of carbonyl (C=O) groups excluding carboxylic acids is 1. The zero-order valence-corrected chi connectivity index (χ0v) is 17.0. The Morgan fingerprint density at radius 1 is 0.966 bits per heavy atom. The molecule has 0 aliphatic rings. The first kappa shape index (κ1) is 19.2. The zero-order valence-electron chi connectivity index (χ0n) is 16.2. The molecule has 4 nitrogen and oxygen atoms in total. The number of imidazole rings is 1. The van der Waals surface area contributed by atoms with Gasteiger partial charge in [-0.15, -0.1) is 0 Å². The normalized spacial score (nSPS) is 11.0. The molecule has 0 fully saturated rings. The molecule has 29 heavy (non-hydrogen) atoms. The van der Waals surface area contributed by atoms with Gasteiger partial charge in [0, 0.05) is 18.7 Å². The lowest BCUT2D eigenvalue weighted by atomic mass is 10.1. The maximum absolute atomic E-state index is 12.4. The minimum absolute atomic E-state index is 0.208. The van der Waals surface area contributed by atoms with Crippen LogP contribution in [0.3, 0.4) is 0 Å². The van der Waals surface area contributed by atoms with E-state index in [2.05, 4.69) is 35.0 Å². The number of aryl methyl sites for hydroxylation is 3. The molecular weight excluding hydrogens is 382 g/mol. The standard InChI is InChI=1S/C24H22ClN3O/c1-2-28-22-10-6-5-9-21(22)27-23(28)16-13-17-11-14-18(15-12-17)26-24(29)19-7-3-4-8-20(19)25/h3-12,14-15H,2,13,16H2,1H3,(H,26,29). The fraction of sp³-hybridized carbons (Fsp3) is 0.167. The summed E-state index contributed by atoms with van der Waals surface area (Å²) < 4.78 is 2.27. The van der Waals surface area contributed by atoms with Crippen molar-refractivity contribution in [3.05, 3.63) is 94.8 Å². The van der Waals surface area contributed by atoms with Crippen molar-refractivity contribution in [3.8, 4) is 0 Å². The largest absolute Gasteiger partial charge is 0.328 e. The van der Waals surface area contributed by atoms with Crippen LogP contribution in [0.25, 0.3) is 11.0 Å². The number of nitrogens with zero attached hydrogens (tertiary/aromatic N) is 2. The maximum atomic E-state index is 12.4. The van der Waals surface area contributed by atoms with E-state index in [1.165, 1.54) is 11.1 Å². The molecule has 146 valence electrons. The van der Waals surface area contributed by atoms with Crippen molar-refractivity contribution in [2.24, 2.45) is 0 Å². The lowest BCUT2D eigenvalue weighted by Gasteiger charge is -2.09. The van der Waals surface area contributed by atoms with Crippen LogP contribution in [0.15, 0.2) is 72.8 Å². The first-order valence-electron chi connectivity index (χ1n) is 9.74. The van der Waals surface area contributed by atoms with Crippen molar-refractivity contribution in [2.75, 3.05) is 5.32 Å². The van der Waals surface area contributed by atoms with Gasteiger partial charge in [-0.05, 0) is 55.3 Å². The number of amides is 1. The van der Waals surface area contributed by atoms with Gasteiger partial charge in [0.1, 0.15) is 5.82 Å². The van der Waals surface area contributed by atoms with E-state index >= 15 is 0 Å². The van der Waals surface area contributed by atoms with Gasteiger partial charge in [0.2, 0.25) is 0 Å². The van der Waals surface area contributed by atoms with Crippen LogP contribution in [-0.4, -0.2) is 15.5 Å². The van der Waals surface area contributed by atoms with Crippen molar-refractivity contribution in [2.45, 2.75) is 26.3 Å². The van der Waals surface area contributed by atoms with Crippen molar-refractivity contribution in [1.29, 1.82) is 0 Å². The molecule has 4 rings (SSSR count). The number of halogens is 1. The van der Waals surface area contributed by atoms with Crippen LogP contribution in [0.4, 0.5) is 5.69 Å². The number of hydrogen-bond donors (Lipinski definition) is 1. The second-order valence-corrected chi connectivity index (χ2v) is 7.30. The number of fused-ring (bicyclic) bond motifs is 1. The molecule has 0 radical (unpaired) electrons. The maximum Gasteiger partial charge on any atom is 0.257 e. The number of hydrogen-bond acceptors (Lipinski definition) is 2. The Labute approximate surface area is 175 Å². The molecule has 5 heteroatoms. The Morgan fingerprint density at radius 2 is 1.69 bits per heavy atom. The van der Waals surface area contributed by atoms with Crippen LogP contribution in [0.2, 0.25) is 5.02 Å². The number of para-hydroxylation sites is 2. The van der Waals surface area contributed by atoms with Gasteiger partial charge in [-0.1, -0.05) is 48.0 Å². The van der Waals surface area contributed by atoms with Crippen molar-refractivity contribution in [1.82, 2.24) is 9.55 Å². The van der Waals surface area contributed by atoms with E-state index in [4.69, 9.17) is 16.6 Å². The summed E-state index contributed by atoms with van der Waals surface area (Å²) >= 11 is 6.10. The summed E-state index contributed by atoms with van der Waals surface area (Å²) in [6.45, 7) is 3.05. The molecule has 4 aromatic rings. The highest BCUT2D eigenvalue weighted by atomic mass is 35.5. The first-order valence-corrected chi connectivity index (χ1v) is 10.1. The van der Waals surface area contributed by atoms with Gasteiger partial charge in [-0.25, -0.2) is 4.98 Å². The summed E-state index contributed by atoms with van der Waals surface area (Å²) in [6.07, 6.45) is 1.76. The quantitative estimate of drug-likeness (QED) is 0.445. The van der Waals surface area contributed by atoms with Gasteiger partial charge in [0.05, 0.1) is 21.6 Å². The first-order chi connectivity index (χ1) is 14.2. The Bertz CT molecular complexity index is 1150. The molecule has 0 saturated heterocycles. The third kappa shape index (κ3) is 4.17. The van der Waals surface area contributed by atoms with Crippen molar-refractivity contribution in [3.63, 3.8) is 0 Å².